The summed E-state index contributed by atoms with van der Waals surface area (Å²) in [5.74, 6) is -0.178. The van der Waals surface area contributed by atoms with Crippen LogP contribution in [0.1, 0.15) is 57.3 Å². The Hall–Kier alpha value is -2.10. The minimum absolute atomic E-state index is 0.0349. The van der Waals surface area contributed by atoms with Crippen LogP contribution in [-0.4, -0.2) is 18.0 Å². The number of esters is 2. The van der Waals surface area contributed by atoms with Gasteiger partial charge < -0.3 is 9.47 Å². The Morgan fingerprint density at radius 2 is 1.88 bits per heavy atom. The Labute approximate surface area is 149 Å². The highest BCUT2D eigenvalue weighted by molar-refractivity contribution is 5.95. The van der Waals surface area contributed by atoms with Crippen LogP contribution in [0.15, 0.2) is 36.4 Å². The number of rotatable bonds is 4. The van der Waals surface area contributed by atoms with Gasteiger partial charge in [0.25, 0.3) is 0 Å². The van der Waals surface area contributed by atoms with Crippen molar-refractivity contribution < 1.29 is 19.1 Å². The van der Waals surface area contributed by atoms with Crippen molar-refractivity contribution in [2.75, 3.05) is 0 Å². The van der Waals surface area contributed by atoms with Crippen molar-refractivity contribution in [3.05, 3.63) is 42.0 Å². The van der Waals surface area contributed by atoms with Gasteiger partial charge in [0, 0.05) is 16.4 Å². The summed E-state index contributed by atoms with van der Waals surface area (Å²) >= 11 is 0. The van der Waals surface area contributed by atoms with Gasteiger partial charge in [-0.1, -0.05) is 39.5 Å². The van der Waals surface area contributed by atoms with Gasteiger partial charge >= 0.3 is 11.9 Å². The number of benzene rings is 1. The molecule has 0 saturated heterocycles. The van der Waals surface area contributed by atoms with E-state index in [0.717, 1.165) is 12.8 Å². The Kier molecular flexibility index (Phi) is 4.26. The molecule has 2 aliphatic rings. The number of para-hydroxylation sites is 1. The van der Waals surface area contributed by atoms with E-state index in [0.29, 0.717) is 5.92 Å². The predicted octanol–water partition coefficient (Wildman–Crippen LogP) is 4.54. The molecule has 3 rings (SSSR count). The molecular weight excluding hydrogens is 316 g/mol. The number of hydrogen-bond donors (Lipinski definition) is 0. The molecule has 2 aliphatic carbocycles. The lowest BCUT2D eigenvalue weighted by Crippen LogP contribution is -2.43. The van der Waals surface area contributed by atoms with E-state index < -0.39 is 11.9 Å². The van der Waals surface area contributed by atoms with Crippen molar-refractivity contribution in [1.82, 2.24) is 0 Å². The van der Waals surface area contributed by atoms with Crippen LogP contribution < -0.4 is 4.74 Å². The Bertz CT molecular complexity index is 728. The molecule has 0 N–H and O–H groups in total. The van der Waals surface area contributed by atoms with Crippen LogP contribution >= 0.6 is 0 Å². The molecule has 2 fully saturated rings. The van der Waals surface area contributed by atoms with Gasteiger partial charge in [0.15, 0.2) is 0 Å². The molecular formula is C21H26O4. The maximum absolute atomic E-state index is 12.8. The molecule has 3 unspecified atom stereocenters. The van der Waals surface area contributed by atoms with Crippen molar-refractivity contribution in [3.8, 4) is 5.75 Å². The van der Waals surface area contributed by atoms with Crippen molar-refractivity contribution in [1.29, 1.82) is 0 Å². The van der Waals surface area contributed by atoms with Gasteiger partial charge in [0.1, 0.15) is 17.4 Å². The third-order valence-corrected chi connectivity index (χ3v) is 6.02. The van der Waals surface area contributed by atoms with Crippen molar-refractivity contribution >= 4 is 11.9 Å². The Balaban J connectivity index is 1.83. The average Bonchev–Trinajstić information content (AvgIpc) is 3.03. The number of fused-ring (bicyclic) bond motifs is 2. The van der Waals surface area contributed by atoms with E-state index in [9.17, 15) is 9.59 Å². The minimum atomic E-state index is -0.549. The van der Waals surface area contributed by atoms with Crippen LogP contribution in [0.3, 0.4) is 0 Å². The Morgan fingerprint density at radius 1 is 1.20 bits per heavy atom. The summed E-state index contributed by atoms with van der Waals surface area (Å²) in [6.07, 6.45) is 3.26. The smallest absolute Gasteiger partial charge is 0.342 e. The van der Waals surface area contributed by atoms with E-state index in [1.807, 2.05) is 0 Å². The molecule has 0 spiro atoms. The zero-order valence-electron chi connectivity index (χ0n) is 15.4. The minimum Gasteiger partial charge on any atom is -0.458 e. The van der Waals surface area contributed by atoms with E-state index in [4.69, 9.17) is 9.47 Å². The van der Waals surface area contributed by atoms with Crippen molar-refractivity contribution in [2.24, 2.45) is 16.7 Å². The third kappa shape index (κ3) is 2.99. The van der Waals surface area contributed by atoms with Gasteiger partial charge in [-0.3, -0.25) is 0 Å². The van der Waals surface area contributed by atoms with Gasteiger partial charge in [-0.2, -0.15) is 0 Å². The summed E-state index contributed by atoms with van der Waals surface area (Å²) in [4.78, 5) is 24.7. The molecule has 4 heteroatoms. The second kappa shape index (κ2) is 6.01. The molecule has 0 aliphatic heterocycles. The lowest BCUT2D eigenvalue weighted by molar-refractivity contribution is -0.130. The van der Waals surface area contributed by atoms with Gasteiger partial charge in [-0.25, -0.2) is 9.59 Å². The fourth-order valence-electron chi connectivity index (χ4n) is 4.63. The first-order chi connectivity index (χ1) is 11.6. The average molecular weight is 342 g/mol. The summed E-state index contributed by atoms with van der Waals surface area (Å²) in [6, 6.07) is 6.69. The standard InChI is InChI=1S/C21H26O4/c1-13(2)17(22)24-16-9-7-6-8-15(16)18(23)25-19-20(3,4)14-10-11-21(19,5)12-14/h6-9,14,19H,1,10-12H2,2-5H3. The molecule has 0 radical (unpaired) electrons. The zero-order chi connectivity index (χ0) is 18.4. The highest BCUT2D eigenvalue weighted by atomic mass is 16.6. The molecule has 0 heterocycles. The monoisotopic (exact) mass is 342 g/mol. The highest BCUT2D eigenvalue weighted by Gasteiger charge is 2.61. The van der Waals surface area contributed by atoms with Crippen molar-refractivity contribution in [2.45, 2.75) is 53.1 Å². The van der Waals surface area contributed by atoms with Gasteiger partial charge in [0.05, 0.1) is 0 Å². The quantitative estimate of drug-likeness (QED) is 0.458. The molecule has 134 valence electrons. The molecule has 2 saturated carbocycles. The number of ether oxygens (including phenoxy) is 2. The van der Waals surface area contributed by atoms with E-state index in [-0.39, 0.29) is 33.8 Å². The molecule has 0 amide bonds. The fourth-order valence-corrected chi connectivity index (χ4v) is 4.63. The van der Waals surface area contributed by atoms with E-state index in [2.05, 4.69) is 27.4 Å². The lowest BCUT2D eigenvalue weighted by Gasteiger charge is -2.41. The molecule has 2 bridgehead atoms. The van der Waals surface area contributed by atoms with Crippen LogP contribution in [-0.2, 0) is 9.53 Å². The van der Waals surface area contributed by atoms with E-state index >= 15 is 0 Å². The fraction of sp³-hybridized carbons (Fsp3) is 0.524. The maximum Gasteiger partial charge on any atom is 0.342 e. The number of carbonyl (C=O) groups is 2. The molecule has 1 aromatic carbocycles. The van der Waals surface area contributed by atoms with Gasteiger partial charge in [-0.15, -0.1) is 0 Å². The summed E-state index contributed by atoms with van der Waals surface area (Å²) in [5.41, 5.74) is 0.559. The van der Waals surface area contributed by atoms with Crippen LogP contribution in [0.25, 0.3) is 0 Å². The SMILES string of the molecule is C=C(C)C(=O)Oc1ccccc1C(=O)OC1C2(C)CCC(C2)C1(C)C. The van der Waals surface area contributed by atoms with E-state index in [1.165, 1.54) is 6.42 Å². The first kappa shape index (κ1) is 17.7. The summed E-state index contributed by atoms with van der Waals surface area (Å²) in [7, 11) is 0. The number of carbonyl (C=O) groups excluding carboxylic acids is 2. The number of hydrogen-bond acceptors (Lipinski definition) is 4. The molecule has 25 heavy (non-hydrogen) atoms. The first-order valence-electron chi connectivity index (χ1n) is 8.83. The second-order valence-electron chi connectivity index (χ2n) is 8.37. The summed E-state index contributed by atoms with van der Waals surface area (Å²) < 4.78 is 11.3. The maximum atomic E-state index is 12.8. The van der Waals surface area contributed by atoms with Crippen LogP contribution in [0, 0.1) is 16.7 Å². The van der Waals surface area contributed by atoms with Gasteiger partial charge in [-0.05, 0) is 44.2 Å². The van der Waals surface area contributed by atoms with Crippen molar-refractivity contribution in [3.63, 3.8) is 0 Å². The van der Waals surface area contributed by atoms with Crippen LogP contribution in [0.5, 0.6) is 5.75 Å². The summed E-state index contributed by atoms with van der Waals surface area (Å²) in [5, 5.41) is 0. The normalized spacial score (nSPS) is 29.3. The predicted molar refractivity (Wildman–Crippen MR) is 95.3 cm³/mol. The summed E-state index contributed by atoms with van der Waals surface area (Å²) in [6.45, 7) is 11.7. The zero-order valence-corrected chi connectivity index (χ0v) is 15.4. The topological polar surface area (TPSA) is 52.6 Å². The van der Waals surface area contributed by atoms with E-state index in [1.54, 1.807) is 31.2 Å². The first-order valence-corrected chi connectivity index (χ1v) is 8.83. The van der Waals surface area contributed by atoms with Gasteiger partial charge in [0.2, 0.25) is 0 Å². The second-order valence-corrected chi connectivity index (χ2v) is 8.37. The Morgan fingerprint density at radius 3 is 2.48 bits per heavy atom. The largest absolute Gasteiger partial charge is 0.458 e. The van der Waals surface area contributed by atoms with Crippen LogP contribution in [0.4, 0.5) is 0 Å². The molecule has 1 aromatic rings. The molecule has 3 atom stereocenters. The third-order valence-electron chi connectivity index (χ3n) is 6.02. The van der Waals surface area contributed by atoms with Crippen LogP contribution in [0.2, 0.25) is 0 Å². The lowest BCUT2D eigenvalue weighted by atomic mass is 9.70. The molecule has 0 aromatic heterocycles. The molecule has 4 nitrogen and oxygen atoms in total. The highest BCUT2D eigenvalue weighted by Crippen LogP contribution is 2.63.